The molecule has 0 spiro atoms. The Kier molecular flexibility index (Phi) is 4.60. The highest BCUT2D eigenvalue weighted by Gasteiger charge is 2.28. The molecule has 0 bridgehead atoms. The van der Waals surface area contributed by atoms with Crippen LogP contribution in [0.25, 0.3) is 0 Å². The quantitative estimate of drug-likeness (QED) is 0.897. The first-order valence-corrected chi connectivity index (χ1v) is 8.72. The third-order valence-corrected chi connectivity index (χ3v) is 4.67. The summed E-state index contributed by atoms with van der Waals surface area (Å²) in [6.07, 6.45) is 1.31. The predicted octanol–water partition coefficient (Wildman–Crippen LogP) is 1.07. The first-order valence-electron chi connectivity index (χ1n) is 6.66. The van der Waals surface area contributed by atoms with E-state index in [0.29, 0.717) is 0 Å². The summed E-state index contributed by atoms with van der Waals surface area (Å²) in [5.74, 6) is 0.219. The molecule has 2 rings (SSSR count). The number of rotatable bonds is 4. The van der Waals surface area contributed by atoms with Crippen LogP contribution in [-0.4, -0.2) is 51.0 Å². The number of nitrogens with zero attached hydrogens (tertiary/aromatic N) is 1. The van der Waals surface area contributed by atoms with Crippen molar-refractivity contribution in [3.63, 3.8) is 0 Å². The zero-order valence-corrected chi connectivity index (χ0v) is 12.4. The van der Waals surface area contributed by atoms with E-state index >= 15 is 0 Å². The van der Waals surface area contributed by atoms with E-state index in [4.69, 9.17) is 0 Å². The second-order valence-corrected chi connectivity index (χ2v) is 7.49. The van der Waals surface area contributed by atoms with Crippen molar-refractivity contribution in [1.82, 2.24) is 10.2 Å². The highest BCUT2D eigenvalue weighted by molar-refractivity contribution is 7.90. The Morgan fingerprint density at radius 2 is 2.05 bits per heavy atom. The van der Waals surface area contributed by atoms with E-state index in [2.05, 4.69) is 22.3 Å². The molecule has 1 aliphatic rings. The van der Waals surface area contributed by atoms with Crippen molar-refractivity contribution in [1.29, 1.82) is 0 Å². The largest absolute Gasteiger partial charge is 0.314 e. The van der Waals surface area contributed by atoms with Gasteiger partial charge in [-0.15, -0.1) is 0 Å². The van der Waals surface area contributed by atoms with Gasteiger partial charge in [0, 0.05) is 38.0 Å². The summed E-state index contributed by atoms with van der Waals surface area (Å²) >= 11 is 0. The van der Waals surface area contributed by atoms with Crippen LogP contribution in [0.4, 0.5) is 0 Å². The summed E-state index contributed by atoms with van der Waals surface area (Å²) in [7, 11) is -2.94. The first kappa shape index (κ1) is 14.5. The zero-order valence-electron chi connectivity index (χ0n) is 11.5. The molecule has 2 atom stereocenters. The van der Waals surface area contributed by atoms with Crippen molar-refractivity contribution in [2.75, 3.05) is 31.6 Å². The topological polar surface area (TPSA) is 49.4 Å². The highest BCUT2D eigenvalue weighted by Crippen LogP contribution is 2.24. The molecule has 0 saturated carbocycles. The van der Waals surface area contributed by atoms with Crippen LogP contribution in [0.2, 0.25) is 0 Å². The third-order valence-electron chi connectivity index (χ3n) is 3.58. The predicted molar refractivity (Wildman–Crippen MR) is 77.9 cm³/mol. The van der Waals surface area contributed by atoms with E-state index < -0.39 is 9.84 Å². The van der Waals surface area contributed by atoms with Gasteiger partial charge < -0.3 is 5.32 Å². The molecule has 1 fully saturated rings. The normalized spacial score (nSPS) is 23.2. The number of sulfone groups is 1. The molecule has 1 saturated heterocycles. The second-order valence-electron chi connectivity index (χ2n) is 5.31. The fraction of sp³-hybridized carbons (Fsp3) is 0.571. The SMILES string of the molecule is CC(CS(C)(=O)=O)N1CCNCC1c1ccccc1. The minimum absolute atomic E-state index is 0.0438. The standard InChI is InChI=1S/C14H22N2O2S/c1-12(11-19(2,17)18)16-9-8-15-10-14(16)13-6-4-3-5-7-13/h3-7,12,14-15H,8-11H2,1-2H3. The maximum Gasteiger partial charge on any atom is 0.148 e. The molecule has 0 radical (unpaired) electrons. The van der Waals surface area contributed by atoms with Gasteiger partial charge in [-0.1, -0.05) is 30.3 Å². The van der Waals surface area contributed by atoms with Gasteiger partial charge in [0.25, 0.3) is 0 Å². The molecule has 19 heavy (non-hydrogen) atoms. The molecule has 106 valence electrons. The summed E-state index contributed by atoms with van der Waals surface area (Å²) in [5, 5.41) is 3.39. The Bertz CT molecular complexity index is 501. The second kappa shape index (κ2) is 6.03. The van der Waals surface area contributed by atoms with Crippen LogP contribution >= 0.6 is 0 Å². The number of benzene rings is 1. The van der Waals surface area contributed by atoms with Gasteiger partial charge in [0.05, 0.1) is 5.75 Å². The highest BCUT2D eigenvalue weighted by atomic mass is 32.2. The van der Waals surface area contributed by atoms with Crippen molar-refractivity contribution in [3.8, 4) is 0 Å². The molecular formula is C14H22N2O2S. The van der Waals surface area contributed by atoms with Gasteiger partial charge in [0.15, 0.2) is 0 Å². The van der Waals surface area contributed by atoms with Crippen molar-refractivity contribution in [2.45, 2.75) is 19.0 Å². The summed E-state index contributed by atoms with van der Waals surface area (Å²) < 4.78 is 23.0. The number of nitrogens with one attached hydrogen (secondary N) is 1. The number of hydrogen-bond donors (Lipinski definition) is 1. The summed E-state index contributed by atoms with van der Waals surface area (Å²) in [6, 6.07) is 10.6. The van der Waals surface area contributed by atoms with Crippen molar-refractivity contribution >= 4 is 9.84 Å². The van der Waals surface area contributed by atoms with E-state index in [1.807, 2.05) is 25.1 Å². The summed E-state index contributed by atoms with van der Waals surface area (Å²) in [6.45, 7) is 4.67. The summed E-state index contributed by atoms with van der Waals surface area (Å²) in [5.41, 5.74) is 1.25. The smallest absolute Gasteiger partial charge is 0.148 e. The molecular weight excluding hydrogens is 260 g/mol. The molecule has 1 aromatic rings. The van der Waals surface area contributed by atoms with Crippen LogP contribution in [0, 0.1) is 0 Å². The molecule has 1 aromatic carbocycles. The Morgan fingerprint density at radius 1 is 1.37 bits per heavy atom. The van der Waals surface area contributed by atoms with E-state index in [1.165, 1.54) is 11.8 Å². The molecule has 1 aliphatic heterocycles. The minimum Gasteiger partial charge on any atom is -0.314 e. The molecule has 1 N–H and O–H groups in total. The van der Waals surface area contributed by atoms with Gasteiger partial charge in [-0.05, 0) is 12.5 Å². The lowest BCUT2D eigenvalue weighted by molar-refractivity contribution is 0.125. The van der Waals surface area contributed by atoms with Gasteiger partial charge >= 0.3 is 0 Å². The molecule has 0 aliphatic carbocycles. The number of hydrogen-bond acceptors (Lipinski definition) is 4. The molecule has 2 unspecified atom stereocenters. The zero-order chi connectivity index (χ0) is 13.9. The van der Waals surface area contributed by atoms with Crippen molar-refractivity contribution in [2.24, 2.45) is 0 Å². The fourth-order valence-electron chi connectivity index (χ4n) is 2.77. The monoisotopic (exact) mass is 282 g/mol. The van der Waals surface area contributed by atoms with Gasteiger partial charge in [-0.25, -0.2) is 8.42 Å². The molecule has 1 heterocycles. The Labute approximate surface area is 115 Å². The Balaban J connectivity index is 2.16. The van der Waals surface area contributed by atoms with E-state index in [9.17, 15) is 8.42 Å². The van der Waals surface area contributed by atoms with Gasteiger partial charge in [-0.2, -0.15) is 0 Å². The van der Waals surface area contributed by atoms with Crippen LogP contribution < -0.4 is 5.32 Å². The molecule has 0 amide bonds. The van der Waals surface area contributed by atoms with Gasteiger partial charge in [0.2, 0.25) is 0 Å². The van der Waals surface area contributed by atoms with Gasteiger partial charge in [-0.3, -0.25) is 4.90 Å². The van der Waals surface area contributed by atoms with Crippen LogP contribution in [0.15, 0.2) is 30.3 Å². The van der Waals surface area contributed by atoms with E-state index in [-0.39, 0.29) is 17.8 Å². The number of piperazine rings is 1. The lowest BCUT2D eigenvalue weighted by atomic mass is 10.0. The van der Waals surface area contributed by atoms with Crippen molar-refractivity contribution < 1.29 is 8.42 Å². The lowest BCUT2D eigenvalue weighted by Crippen LogP contribution is -2.51. The average Bonchev–Trinajstić information content (AvgIpc) is 2.38. The maximum atomic E-state index is 11.5. The van der Waals surface area contributed by atoms with Crippen LogP contribution in [0.5, 0.6) is 0 Å². The Hall–Kier alpha value is -0.910. The van der Waals surface area contributed by atoms with Crippen LogP contribution in [-0.2, 0) is 9.84 Å². The average molecular weight is 282 g/mol. The molecule has 0 aromatic heterocycles. The maximum absolute atomic E-state index is 11.5. The van der Waals surface area contributed by atoms with Crippen LogP contribution in [0.1, 0.15) is 18.5 Å². The molecule has 5 heteroatoms. The Morgan fingerprint density at radius 3 is 2.68 bits per heavy atom. The van der Waals surface area contributed by atoms with E-state index in [0.717, 1.165) is 19.6 Å². The fourth-order valence-corrected chi connectivity index (χ4v) is 3.83. The van der Waals surface area contributed by atoms with Gasteiger partial charge in [0.1, 0.15) is 9.84 Å². The lowest BCUT2D eigenvalue weighted by Gasteiger charge is -2.40. The minimum atomic E-state index is -2.94. The first-order chi connectivity index (χ1) is 8.97. The molecule has 4 nitrogen and oxygen atoms in total. The van der Waals surface area contributed by atoms with Crippen LogP contribution in [0.3, 0.4) is 0 Å². The third kappa shape index (κ3) is 4.03. The van der Waals surface area contributed by atoms with Crippen molar-refractivity contribution in [3.05, 3.63) is 35.9 Å². The summed E-state index contributed by atoms with van der Waals surface area (Å²) in [4.78, 5) is 2.30. The van der Waals surface area contributed by atoms with E-state index in [1.54, 1.807) is 0 Å².